The molecular weight excluding hydrogens is 218 g/mol. The van der Waals surface area contributed by atoms with Crippen LogP contribution in [-0.4, -0.2) is 9.13 Å². The molecule has 17 heavy (non-hydrogen) atoms. The number of aromatic nitrogens is 2. The van der Waals surface area contributed by atoms with Gasteiger partial charge in [-0.25, -0.2) is 0 Å². The van der Waals surface area contributed by atoms with E-state index in [-0.39, 0.29) is 16.8 Å². The number of anilines is 1. The third kappa shape index (κ3) is 2.44. The monoisotopic (exact) mass is 231 g/mol. The molecule has 0 amide bonds. The molecule has 2 heterocycles. The predicted molar refractivity (Wildman–Crippen MR) is 65.8 cm³/mol. The van der Waals surface area contributed by atoms with Gasteiger partial charge in [-0.1, -0.05) is 6.07 Å². The van der Waals surface area contributed by atoms with Crippen LogP contribution < -0.4 is 16.9 Å². The van der Waals surface area contributed by atoms with Gasteiger partial charge in [0.25, 0.3) is 11.1 Å². The van der Waals surface area contributed by atoms with Gasteiger partial charge in [0.1, 0.15) is 0 Å². The van der Waals surface area contributed by atoms with Gasteiger partial charge < -0.3 is 14.9 Å². The van der Waals surface area contributed by atoms with Crippen LogP contribution >= 0.6 is 0 Å². The third-order valence-corrected chi connectivity index (χ3v) is 2.53. The first-order chi connectivity index (χ1) is 8.18. The molecule has 0 saturated heterocycles. The number of rotatable bonds is 3. The van der Waals surface area contributed by atoms with E-state index in [1.807, 2.05) is 0 Å². The molecule has 0 spiro atoms. The highest BCUT2D eigenvalue weighted by Gasteiger charge is 1.99. The van der Waals surface area contributed by atoms with Crippen molar-refractivity contribution >= 4 is 5.69 Å². The molecule has 0 radical (unpaired) electrons. The zero-order valence-corrected chi connectivity index (χ0v) is 9.24. The van der Waals surface area contributed by atoms with Gasteiger partial charge in [0, 0.05) is 31.5 Å². The molecule has 2 aromatic rings. The summed E-state index contributed by atoms with van der Waals surface area (Å²) in [6.07, 6.45) is 3.35. The lowest BCUT2D eigenvalue weighted by Gasteiger charge is -2.08. The van der Waals surface area contributed by atoms with Gasteiger partial charge in [-0.3, -0.25) is 9.59 Å². The van der Waals surface area contributed by atoms with Gasteiger partial charge in [0.15, 0.2) is 0 Å². The first-order valence-electron chi connectivity index (χ1n) is 5.29. The summed E-state index contributed by atoms with van der Waals surface area (Å²) in [6, 6.07) is 8.23. The number of pyridine rings is 2. The smallest absolute Gasteiger partial charge is 0.273 e. The van der Waals surface area contributed by atoms with Gasteiger partial charge in [0.2, 0.25) is 0 Å². The van der Waals surface area contributed by atoms with Crippen molar-refractivity contribution in [1.82, 2.24) is 9.13 Å². The molecule has 0 atom stereocenters. The number of nitrogen functional groups attached to an aromatic ring is 1. The first-order valence-corrected chi connectivity index (χ1v) is 5.29. The minimum atomic E-state index is -0.225. The fraction of sp³-hybridized carbons (Fsp3) is 0.167. The zero-order chi connectivity index (χ0) is 12.3. The van der Waals surface area contributed by atoms with Crippen molar-refractivity contribution in [2.24, 2.45) is 0 Å². The predicted octanol–water partition coefficient (Wildman–Crippen LogP) is 0.292. The van der Waals surface area contributed by atoms with Crippen LogP contribution in [0.15, 0.2) is 52.3 Å². The Balaban J connectivity index is 2.19. The Hall–Kier alpha value is -2.30. The summed E-state index contributed by atoms with van der Waals surface area (Å²) in [5.74, 6) is 0. The molecule has 2 N–H and O–H groups in total. The quantitative estimate of drug-likeness (QED) is 0.825. The van der Waals surface area contributed by atoms with Crippen LogP contribution in [0.25, 0.3) is 0 Å². The Kier molecular flexibility index (Phi) is 3.09. The maximum atomic E-state index is 11.6. The van der Waals surface area contributed by atoms with Crippen molar-refractivity contribution < 1.29 is 0 Å². The van der Waals surface area contributed by atoms with Crippen LogP contribution in [-0.2, 0) is 13.1 Å². The van der Waals surface area contributed by atoms with Gasteiger partial charge in [-0.2, -0.15) is 0 Å². The van der Waals surface area contributed by atoms with E-state index in [0.29, 0.717) is 13.1 Å². The highest BCUT2D eigenvalue weighted by molar-refractivity contribution is 5.33. The Labute approximate surface area is 97.7 Å². The van der Waals surface area contributed by atoms with Gasteiger partial charge in [0.05, 0.1) is 5.69 Å². The molecule has 0 unspecified atom stereocenters. The fourth-order valence-electron chi connectivity index (χ4n) is 1.59. The van der Waals surface area contributed by atoms with Crippen LogP contribution in [0.3, 0.4) is 0 Å². The van der Waals surface area contributed by atoms with Gasteiger partial charge >= 0.3 is 0 Å². The number of nitrogens with zero attached hydrogens (tertiary/aromatic N) is 2. The molecule has 0 bridgehead atoms. The number of nitrogens with two attached hydrogens (primary N) is 1. The minimum absolute atomic E-state index is 0.0792. The second-order valence-electron chi connectivity index (χ2n) is 3.69. The van der Waals surface area contributed by atoms with Crippen molar-refractivity contribution in [2.45, 2.75) is 13.1 Å². The highest BCUT2D eigenvalue weighted by atomic mass is 16.1. The van der Waals surface area contributed by atoms with Gasteiger partial charge in [-0.05, 0) is 18.2 Å². The highest BCUT2D eigenvalue weighted by Crippen LogP contribution is 1.93. The summed E-state index contributed by atoms with van der Waals surface area (Å²) in [6.45, 7) is 0.872. The normalized spacial score (nSPS) is 10.4. The molecule has 0 aliphatic heterocycles. The standard InChI is InChI=1S/C12H13N3O2/c13-10-4-3-7-15(12(10)17)9-8-14-6-2-1-5-11(14)16/h1-7H,8-9,13H2. The SMILES string of the molecule is Nc1cccn(CCn2ccccc2=O)c1=O. The lowest BCUT2D eigenvalue weighted by molar-refractivity contribution is 0.554. The average molecular weight is 231 g/mol. The van der Waals surface area contributed by atoms with E-state index < -0.39 is 0 Å². The summed E-state index contributed by atoms with van der Waals surface area (Å²) in [5.41, 5.74) is 5.43. The maximum Gasteiger partial charge on any atom is 0.273 e. The molecule has 88 valence electrons. The number of aryl methyl sites for hydroxylation is 2. The Morgan fingerprint density at radius 2 is 1.65 bits per heavy atom. The van der Waals surface area contributed by atoms with Crippen molar-refractivity contribution in [1.29, 1.82) is 0 Å². The van der Waals surface area contributed by atoms with E-state index >= 15 is 0 Å². The fourth-order valence-corrected chi connectivity index (χ4v) is 1.59. The molecule has 0 saturated carbocycles. The van der Waals surface area contributed by atoms with E-state index in [1.54, 1.807) is 41.2 Å². The molecule has 2 rings (SSSR count). The Bertz CT molecular complexity index is 628. The van der Waals surface area contributed by atoms with Gasteiger partial charge in [-0.15, -0.1) is 0 Å². The molecule has 5 heteroatoms. The summed E-state index contributed by atoms with van der Waals surface area (Å²) < 4.78 is 3.05. The molecule has 0 aromatic carbocycles. The molecular formula is C12H13N3O2. The van der Waals surface area contributed by atoms with E-state index in [2.05, 4.69) is 0 Å². The summed E-state index contributed by atoms with van der Waals surface area (Å²) in [5, 5.41) is 0. The Morgan fingerprint density at radius 3 is 2.41 bits per heavy atom. The second kappa shape index (κ2) is 4.69. The average Bonchev–Trinajstić information content (AvgIpc) is 2.33. The minimum Gasteiger partial charge on any atom is -0.394 e. The summed E-state index contributed by atoms with van der Waals surface area (Å²) >= 11 is 0. The molecule has 0 fully saturated rings. The summed E-state index contributed by atoms with van der Waals surface area (Å²) in [7, 11) is 0. The van der Waals surface area contributed by atoms with E-state index in [0.717, 1.165) is 0 Å². The van der Waals surface area contributed by atoms with E-state index in [4.69, 9.17) is 5.73 Å². The lowest BCUT2D eigenvalue weighted by atomic mass is 10.4. The largest absolute Gasteiger partial charge is 0.394 e. The molecule has 0 aliphatic carbocycles. The molecule has 0 aliphatic rings. The van der Waals surface area contributed by atoms with Crippen molar-refractivity contribution in [3.05, 3.63) is 63.4 Å². The molecule has 2 aromatic heterocycles. The number of hydrogen-bond donors (Lipinski definition) is 1. The zero-order valence-electron chi connectivity index (χ0n) is 9.24. The third-order valence-electron chi connectivity index (χ3n) is 2.53. The van der Waals surface area contributed by atoms with Crippen molar-refractivity contribution in [3.63, 3.8) is 0 Å². The van der Waals surface area contributed by atoms with Crippen LogP contribution in [0, 0.1) is 0 Å². The maximum absolute atomic E-state index is 11.6. The topological polar surface area (TPSA) is 70.0 Å². The van der Waals surface area contributed by atoms with Crippen molar-refractivity contribution in [2.75, 3.05) is 5.73 Å². The molecule has 5 nitrogen and oxygen atoms in total. The van der Waals surface area contributed by atoms with E-state index in [1.165, 1.54) is 10.6 Å². The Morgan fingerprint density at radius 1 is 0.941 bits per heavy atom. The summed E-state index contributed by atoms with van der Waals surface area (Å²) in [4.78, 5) is 23.1. The van der Waals surface area contributed by atoms with Crippen LogP contribution in [0.1, 0.15) is 0 Å². The first kappa shape index (κ1) is 11.2. The second-order valence-corrected chi connectivity index (χ2v) is 3.69. The number of hydrogen-bond acceptors (Lipinski definition) is 3. The van der Waals surface area contributed by atoms with Crippen molar-refractivity contribution in [3.8, 4) is 0 Å². The van der Waals surface area contributed by atoms with E-state index in [9.17, 15) is 9.59 Å². The van der Waals surface area contributed by atoms with Crippen LogP contribution in [0.5, 0.6) is 0 Å². The van der Waals surface area contributed by atoms with Crippen LogP contribution in [0.4, 0.5) is 5.69 Å². The lowest BCUT2D eigenvalue weighted by Crippen LogP contribution is -2.26. The van der Waals surface area contributed by atoms with Crippen LogP contribution in [0.2, 0.25) is 0 Å².